The third kappa shape index (κ3) is 4.21. The van der Waals surface area contributed by atoms with Gasteiger partial charge in [-0.05, 0) is 85.8 Å². The van der Waals surface area contributed by atoms with Gasteiger partial charge in [-0.3, -0.25) is 9.55 Å². The highest BCUT2D eigenvalue weighted by Crippen LogP contribution is 2.44. The monoisotopic (exact) mass is 556 g/mol. The predicted molar refractivity (Wildman–Crippen MR) is 180 cm³/mol. The van der Waals surface area contributed by atoms with Crippen LogP contribution in [0.1, 0.15) is 19.5 Å². The standard InChI is InChI=1S/C40H29N3/c1-2-38-42-36-18-7-8-19-37(36)43(38)31-22-20-27(21-23-31)39-32-14-3-5-16-34(32)40(35-17-6-4-15-33(35)39)29-12-9-11-28(25-29)30-13-10-24-41-26-30/h3-26H,2H2,1H3/i1D3,2D2. The van der Waals surface area contributed by atoms with Gasteiger partial charge >= 0.3 is 0 Å². The average molecular weight is 557 g/mol. The maximum absolute atomic E-state index is 8.57. The van der Waals surface area contributed by atoms with Crippen molar-refractivity contribution in [3.63, 3.8) is 0 Å². The summed E-state index contributed by atoms with van der Waals surface area (Å²) in [4.78, 5) is 8.80. The number of hydrogen-bond acceptors (Lipinski definition) is 2. The van der Waals surface area contributed by atoms with Gasteiger partial charge in [0.2, 0.25) is 0 Å². The van der Waals surface area contributed by atoms with Crippen LogP contribution in [0.15, 0.2) is 146 Å². The van der Waals surface area contributed by atoms with Crippen LogP contribution < -0.4 is 0 Å². The highest BCUT2D eigenvalue weighted by atomic mass is 15.1. The molecule has 2 aromatic heterocycles. The van der Waals surface area contributed by atoms with E-state index in [1.54, 1.807) is 16.8 Å². The summed E-state index contributed by atoms with van der Waals surface area (Å²) in [6, 6.07) is 44.7. The van der Waals surface area contributed by atoms with Crippen molar-refractivity contribution in [2.24, 2.45) is 0 Å². The van der Waals surface area contributed by atoms with Gasteiger partial charge in [0.15, 0.2) is 0 Å². The molecule has 8 rings (SSSR count). The van der Waals surface area contributed by atoms with Gasteiger partial charge < -0.3 is 0 Å². The lowest BCUT2D eigenvalue weighted by Crippen LogP contribution is -2.00. The lowest BCUT2D eigenvalue weighted by molar-refractivity contribution is 0.908. The number of imidazole rings is 1. The molecule has 0 fully saturated rings. The molecular weight excluding hydrogens is 522 g/mol. The molecule has 8 aromatic rings. The quantitative estimate of drug-likeness (QED) is 0.197. The molecule has 3 nitrogen and oxygen atoms in total. The molecule has 0 aliphatic heterocycles. The Bertz CT molecular complexity index is 2410. The largest absolute Gasteiger partial charge is 0.296 e. The first kappa shape index (κ1) is 20.4. The molecule has 43 heavy (non-hydrogen) atoms. The number of aromatic nitrogens is 3. The van der Waals surface area contributed by atoms with E-state index in [9.17, 15) is 0 Å². The van der Waals surface area contributed by atoms with Crippen molar-refractivity contribution in [3.05, 3.63) is 152 Å². The number of hydrogen-bond donors (Lipinski definition) is 0. The normalized spacial score (nSPS) is 13.8. The van der Waals surface area contributed by atoms with Crippen molar-refractivity contribution in [1.82, 2.24) is 14.5 Å². The Morgan fingerprint density at radius 3 is 1.91 bits per heavy atom. The Morgan fingerprint density at radius 2 is 1.23 bits per heavy atom. The van der Waals surface area contributed by atoms with Gasteiger partial charge in [0.25, 0.3) is 0 Å². The number of benzene rings is 6. The van der Waals surface area contributed by atoms with Gasteiger partial charge in [0, 0.05) is 36.9 Å². The molecule has 6 aromatic carbocycles. The lowest BCUT2D eigenvalue weighted by atomic mass is 9.85. The van der Waals surface area contributed by atoms with E-state index >= 15 is 0 Å². The Hall–Kier alpha value is -5.54. The minimum absolute atomic E-state index is 0.148. The number of pyridine rings is 1. The summed E-state index contributed by atoms with van der Waals surface area (Å²) < 4.78 is 42.6. The third-order valence-corrected chi connectivity index (χ3v) is 8.16. The molecule has 3 heteroatoms. The molecule has 0 spiro atoms. The predicted octanol–water partition coefficient (Wildman–Crippen LogP) is 10.3. The first-order valence-corrected chi connectivity index (χ1v) is 14.3. The minimum atomic E-state index is -2.90. The second-order valence-electron chi connectivity index (χ2n) is 10.6. The van der Waals surface area contributed by atoms with E-state index in [1.165, 1.54) is 0 Å². The highest BCUT2D eigenvalue weighted by Gasteiger charge is 2.17. The van der Waals surface area contributed by atoms with Crippen LogP contribution >= 0.6 is 0 Å². The van der Waals surface area contributed by atoms with Crippen LogP contribution in [0.3, 0.4) is 0 Å². The summed E-state index contributed by atoms with van der Waals surface area (Å²) in [5.74, 6) is -0.148. The SMILES string of the molecule is [2H]C([2H])([2H])C([2H])([2H])c1nc2ccccc2n1-c1ccc(-c2c3ccccc3c(-c3cccc(-c4cccnc4)c3)c3ccccc23)cc1. The molecule has 0 unspecified atom stereocenters. The molecule has 0 N–H and O–H groups in total. The fourth-order valence-electron chi connectivity index (χ4n) is 6.29. The van der Waals surface area contributed by atoms with E-state index in [-0.39, 0.29) is 5.82 Å². The number of fused-ring (bicyclic) bond motifs is 3. The molecule has 0 aliphatic carbocycles. The molecule has 0 atom stereocenters. The van der Waals surface area contributed by atoms with Crippen LogP contribution in [0.4, 0.5) is 0 Å². The molecule has 0 aliphatic rings. The van der Waals surface area contributed by atoms with Crippen LogP contribution in [0, 0.1) is 0 Å². The maximum Gasteiger partial charge on any atom is 0.114 e. The lowest BCUT2D eigenvalue weighted by Gasteiger charge is -2.18. The Kier molecular flexibility index (Phi) is 4.91. The number of rotatable bonds is 5. The average Bonchev–Trinajstić information content (AvgIpc) is 3.51. The smallest absolute Gasteiger partial charge is 0.114 e. The number of nitrogens with zero attached hydrogens (tertiary/aromatic N) is 3. The molecule has 0 amide bonds. The molecule has 0 saturated heterocycles. The first-order valence-electron chi connectivity index (χ1n) is 16.8. The fraction of sp³-hybridized carbons (Fsp3) is 0.0500. The summed E-state index contributed by atoms with van der Waals surface area (Å²) in [6.45, 7) is -2.90. The van der Waals surface area contributed by atoms with Crippen LogP contribution in [0.2, 0.25) is 0 Å². The molecule has 0 bridgehead atoms. The van der Waals surface area contributed by atoms with Gasteiger partial charge in [-0.15, -0.1) is 0 Å². The van der Waals surface area contributed by atoms with E-state index in [0.717, 1.165) is 54.9 Å². The second-order valence-corrected chi connectivity index (χ2v) is 10.6. The van der Waals surface area contributed by atoms with Gasteiger partial charge in [-0.2, -0.15) is 0 Å². The van der Waals surface area contributed by atoms with Crippen LogP contribution in [0.25, 0.3) is 71.6 Å². The van der Waals surface area contributed by atoms with Crippen molar-refractivity contribution in [3.8, 4) is 39.1 Å². The summed E-state index contributed by atoms with van der Waals surface area (Å²) in [6.07, 6.45) is 1.00. The van der Waals surface area contributed by atoms with Crippen molar-refractivity contribution in [2.75, 3.05) is 0 Å². The number of para-hydroxylation sites is 2. The van der Waals surface area contributed by atoms with Gasteiger partial charge in [0.1, 0.15) is 5.82 Å². The van der Waals surface area contributed by atoms with Gasteiger partial charge in [0.05, 0.1) is 11.0 Å². The zero-order valence-corrected chi connectivity index (χ0v) is 23.2. The zero-order valence-electron chi connectivity index (χ0n) is 28.2. The minimum Gasteiger partial charge on any atom is -0.296 e. The van der Waals surface area contributed by atoms with Crippen molar-refractivity contribution < 1.29 is 6.85 Å². The van der Waals surface area contributed by atoms with Gasteiger partial charge in [-0.25, -0.2) is 4.98 Å². The summed E-state index contributed by atoms with van der Waals surface area (Å²) in [5, 5.41) is 4.48. The zero-order chi connectivity index (χ0) is 33.0. The van der Waals surface area contributed by atoms with E-state index in [0.29, 0.717) is 16.7 Å². The van der Waals surface area contributed by atoms with Crippen molar-refractivity contribution in [1.29, 1.82) is 0 Å². The van der Waals surface area contributed by atoms with E-state index in [1.807, 2.05) is 54.7 Å². The molecule has 204 valence electrons. The maximum atomic E-state index is 8.57. The van der Waals surface area contributed by atoms with Crippen LogP contribution in [-0.2, 0) is 6.37 Å². The third-order valence-electron chi connectivity index (χ3n) is 8.16. The highest BCUT2D eigenvalue weighted by molar-refractivity contribution is 6.21. The second kappa shape index (κ2) is 10.4. The molecule has 0 radical (unpaired) electrons. The topological polar surface area (TPSA) is 30.7 Å². The van der Waals surface area contributed by atoms with E-state index < -0.39 is 13.2 Å². The molecular formula is C40H29N3. The first-order chi connectivity index (χ1) is 23.2. The Labute approximate surface area is 257 Å². The van der Waals surface area contributed by atoms with E-state index in [4.69, 9.17) is 6.85 Å². The molecule has 2 heterocycles. The van der Waals surface area contributed by atoms with E-state index in [2.05, 4.69) is 88.8 Å². The Balaban J connectivity index is 1.32. The van der Waals surface area contributed by atoms with Crippen molar-refractivity contribution in [2.45, 2.75) is 13.2 Å². The van der Waals surface area contributed by atoms with Crippen LogP contribution in [-0.4, -0.2) is 14.5 Å². The summed E-state index contributed by atoms with van der Waals surface area (Å²) in [7, 11) is 0. The van der Waals surface area contributed by atoms with Gasteiger partial charge in [-0.1, -0.05) is 104 Å². The summed E-state index contributed by atoms with van der Waals surface area (Å²) >= 11 is 0. The van der Waals surface area contributed by atoms with Crippen molar-refractivity contribution >= 4 is 32.6 Å². The van der Waals surface area contributed by atoms with Crippen LogP contribution in [0.5, 0.6) is 0 Å². The molecule has 0 saturated carbocycles. The Morgan fingerprint density at radius 1 is 0.605 bits per heavy atom. The fourth-order valence-corrected chi connectivity index (χ4v) is 6.29. The number of aryl methyl sites for hydroxylation is 1. The summed E-state index contributed by atoms with van der Waals surface area (Å²) in [5.41, 5.74) is 8.33.